The molecule has 4 rings (SSSR count). The monoisotopic (exact) mass is 497 g/mol. The molecule has 0 unspecified atom stereocenters. The molecule has 0 bridgehead atoms. The van der Waals surface area contributed by atoms with Crippen molar-refractivity contribution in [1.82, 2.24) is 15.3 Å². The lowest BCUT2D eigenvalue weighted by atomic mass is 9.76. The number of nitrogens with two attached hydrogens (primary N) is 1. The number of anilines is 1. The lowest BCUT2D eigenvalue weighted by Gasteiger charge is -2.31. The second-order valence-corrected chi connectivity index (χ2v) is 8.91. The highest BCUT2D eigenvalue weighted by molar-refractivity contribution is 6.13. The fourth-order valence-electron chi connectivity index (χ4n) is 4.28. The third kappa shape index (κ3) is 6.42. The number of hydrogen-bond donors (Lipinski definition) is 5. The van der Waals surface area contributed by atoms with Crippen molar-refractivity contribution >= 4 is 17.6 Å². The number of nitrogens with one attached hydrogen (secondary N) is 3. The molecule has 0 saturated carbocycles. The normalized spacial score (nSPS) is 12.6. The molecule has 0 radical (unpaired) electrons. The Kier molecular flexibility index (Phi) is 8.33. The van der Waals surface area contributed by atoms with Gasteiger partial charge >= 0.3 is 0 Å². The van der Waals surface area contributed by atoms with Gasteiger partial charge in [0.25, 0.3) is 0 Å². The number of benzene rings is 3. The van der Waals surface area contributed by atoms with Crippen molar-refractivity contribution in [3.8, 4) is 5.75 Å². The molecule has 8 nitrogen and oxygen atoms in total. The minimum absolute atomic E-state index is 0.135. The van der Waals surface area contributed by atoms with E-state index in [1.54, 1.807) is 36.7 Å². The number of amides is 1. The van der Waals surface area contributed by atoms with Gasteiger partial charge in [-0.3, -0.25) is 9.59 Å². The van der Waals surface area contributed by atoms with Crippen LogP contribution >= 0.6 is 0 Å². The molecular formula is C29H31N5O3. The van der Waals surface area contributed by atoms with E-state index in [-0.39, 0.29) is 24.5 Å². The Labute approximate surface area is 216 Å². The van der Waals surface area contributed by atoms with Gasteiger partial charge in [-0.15, -0.1) is 0 Å². The SMILES string of the molecule is N[C@@](CCCNc1ncc[nH]1)(C(=O)NCc1ccc(O)cc1)C(=O)C(c1ccccc1)c1ccccc1. The summed E-state index contributed by atoms with van der Waals surface area (Å²) in [5, 5.41) is 15.5. The maximum absolute atomic E-state index is 14.2. The topological polar surface area (TPSA) is 133 Å². The van der Waals surface area contributed by atoms with Gasteiger partial charge in [0.1, 0.15) is 5.75 Å². The number of phenols is 1. The number of carbonyl (C=O) groups is 2. The van der Waals surface area contributed by atoms with Crippen molar-refractivity contribution < 1.29 is 14.7 Å². The minimum atomic E-state index is -1.78. The molecule has 4 aromatic rings. The summed E-state index contributed by atoms with van der Waals surface area (Å²) in [6.07, 6.45) is 3.95. The molecule has 6 N–H and O–H groups in total. The predicted octanol–water partition coefficient (Wildman–Crippen LogP) is 3.72. The lowest BCUT2D eigenvalue weighted by molar-refractivity contribution is -0.136. The first-order valence-electron chi connectivity index (χ1n) is 12.2. The lowest BCUT2D eigenvalue weighted by Crippen LogP contribution is -2.61. The van der Waals surface area contributed by atoms with Crippen LogP contribution in [0.25, 0.3) is 0 Å². The van der Waals surface area contributed by atoms with Gasteiger partial charge in [-0.2, -0.15) is 0 Å². The summed E-state index contributed by atoms with van der Waals surface area (Å²) in [5.41, 5.74) is 7.30. The van der Waals surface area contributed by atoms with Crippen LogP contribution in [0.5, 0.6) is 5.75 Å². The summed E-state index contributed by atoms with van der Waals surface area (Å²) >= 11 is 0. The number of aromatic nitrogens is 2. The maximum atomic E-state index is 14.2. The molecule has 0 fully saturated rings. The summed E-state index contributed by atoms with van der Waals surface area (Å²) < 4.78 is 0. The molecule has 0 spiro atoms. The molecule has 3 aromatic carbocycles. The molecule has 37 heavy (non-hydrogen) atoms. The number of H-pyrrole nitrogens is 1. The van der Waals surface area contributed by atoms with E-state index in [9.17, 15) is 14.7 Å². The number of ketones is 1. The van der Waals surface area contributed by atoms with Gasteiger partial charge in [0.2, 0.25) is 5.91 Å². The van der Waals surface area contributed by atoms with Crippen molar-refractivity contribution in [3.63, 3.8) is 0 Å². The van der Waals surface area contributed by atoms with Crippen molar-refractivity contribution in [3.05, 3.63) is 114 Å². The number of aromatic hydroxyl groups is 1. The molecule has 0 aliphatic rings. The highest BCUT2D eigenvalue weighted by atomic mass is 16.3. The first kappa shape index (κ1) is 25.7. The van der Waals surface area contributed by atoms with Crippen LogP contribution in [0.2, 0.25) is 0 Å². The molecule has 8 heteroatoms. The summed E-state index contributed by atoms with van der Waals surface area (Å²) in [7, 11) is 0. The molecule has 1 amide bonds. The molecule has 0 aliphatic carbocycles. The average molecular weight is 498 g/mol. The quantitative estimate of drug-likeness (QED) is 0.150. The zero-order valence-electron chi connectivity index (χ0n) is 20.4. The Balaban J connectivity index is 1.59. The van der Waals surface area contributed by atoms with Gasteiger partial charge in [-0.1, -0.05) is 72.8 Å². The van der Waals surface area contributed by atoms with Crippen molar-refractivity contribution in [2.75, 3.05) is 11.9 Å². The first-order valence-corrected chi connectivity index (χ1v) is 12.2. The van der Waals surface area contributed by atoms with Crippen LogP contribution in [0.3, 0.4) is 0 Å². The summed E-state index contributed by atoms with van der Waals surface area (Å²) in [5.74, 6) is -0.871. The smallest absolute Gasteiger partial charge is 0.248 e. The van der Waals surface area contributed by atoms with Gasteiger partial charge in [0.05, 0.1) is 5.92 Å². The van der Waals surface area contributed by atoms with Crippen LogP contribution < -0.4 is 16.4 Å². The third-order valence-corrected chi connectivity index (χ3v) is 6.30. The zero-order valence-corrected chi connectivity index (χ0v) is 20.4. The second kappa shape index (κ2) is 12.0. The largest absolute Gasteiger partial charge is 0.508 e. The van der Waals surface area contributed by atoms with E-state index in [1.807, 2.05) is 60.7 Å². The minimum Gasteiger partial charge on any atom is -0.508 e. The predicted molar refractivity (Wildman–Crippen MR) is 143 cm³/mol. The third-order valence-electron chi connectivity index (χ3n) is 6.30. The maximum Gasteiger partial charge on any atom is 0.248 e. The van der Waals surface area contributed by atoms with E-state index in [0.29, 0.717) is 18.9 Å². The molecule has 0 aliphatic heterocycles. The second-order valence-electron chi connectivity index (χ2n) is 8.91. The number of hydrogen-bond acceptors (Lipinski definition) is 6. The van der Waals surface area contributed by atoms with Crippen molar-refractivity contribution in [1.29, 1.82) is 0 Å². The molecular weight excluding hydrogens is 466 g/mol. The van der Waals surface area contributed by atoms with Gasteiger partial charge in [0, 0.05) is 25.5 Å². The molecule has 190 valence electrons. The molecule has 0 saturated heterocycles. The fourth-order valence-corrected chi connectivity index (χ4v) is 4.28. The van der Waals surface area contributed by atoms with Crippen LogP contribution in [-0.4, -0.2) is 38.8 Å². The fraction of sp³-hybridized carbons (Fsp3) is 0.207. The van der Waals surface area contributed by atoms with Crippen LogP contribution in [0.1, 0.15) is 35.4 Å². The van der Waals surface area contributed by atoms with E-state index in [0.717, 1.165) is 16.7 Å². The van der Waals surface area contributed by atoms with E-state index in [4.69, 9.17) is 5.73 Å². The number of Topliss-reactive ketones (excluding diaryl/α,β-unsaturated/α-hetero) is 1. The Morgan fingerprint density at radius 1 is 0.946 bits per heavy atom. The van der Waals surface area contributed by atoms with Crippen LogP contribution in [0.4, 0.5) is 5.95 Å². The van der Waals surface area contributed by atoms with Crippen LogP contribution in [-0.2, 0) is 16.1 Å². The average Bonchev–Trinajstić information content (AvgIpc) is 3.45. The number of rotatable bonds is 12. The van der Waals surface area contributed by atoms with Crippen LogP contribution in [0.15, 0.2) is 97.3 Å². The van der Waals surface area contributed by atoms with Gasteiger partial charge < -0.3 is 26.5 Å². The van der Waals surface area contributed by atoms with E-state index >= 15 is 0 Å². The molecule has 1 atom stereocenters. The van der Waals surface area contributed by atoms with E-state index in [2.05, 4.69) is 20.6 Å². The zero-order chi connectivity index (χ0) is 26.1. The standard InChI is InChI=1S/C29H31N5O3/c30-29(16-7-17-31-28-32-18-19-33-28,27(37)34-20-21-12-14-24(35)15-13-21)26(36)25(22-8-3-1-4-9-22)23-10-5-2-6-11-23/h1-6,8-15,18-19,25,35H,7,16-17,20,30H2,(H,34,37)(H2,31,32,33)/t29-/m1/s1. The summed E-state index contributed by atoms with van der Waals surface area (Å²) in [4.78, 5) is 34.9. The van der Waals surface area contributed by atoms with Gasteiger partial charge in [-0.05, 0) is 41.7 Å². The summed E-state index contributed by atoms with van der Waals surface area (Å²) in [6, 6.07) is 25.3. The number of carbonyl (C=O) groups excluding carboxylic acids is 2. The van der Waals surface area contributed by atoms with Gasteiger partial charge in [-0.25, -0.2) is 4.98 Å². The summed E-state index contributed by atoms with van der Waals surface area (Å²) in [6.45, 7) is 0.656. The van der Waals surface area contributed by atoms with Gasteiger partial charge in [0.15, 0.2) is 17.3 Å². The van der Waals surface area contributed by atoms with E-state index < -0.39 is 17.4 Å². The Hall–Kier alpha value is -4.43. The van der Waals surface area contributed by atoms with Crippen molar-refractivity contribution in [2.45, 2.75) is 30.8 Å². The number of phenolic OH excluding ortho intramolecular Hbond substituents is 1. The Morgan fingerprint density at radius 2 is 1.57 bits per heavy atom. The van der Waals surface area contributed by atoms with Crippen LogP contribution in [0, 0.1) is 0 Å². The number of imidazole rings is 1. The molecule has 1 heterocycles. The number of aromatic amines is 1. The Morgan fingerprint density at radius 3 is 2.14 bits per heavy atom. The first-order chi connectivity index (χ1) is 18.0. The number of nitrogens with zero attached hydrogens (tertiary/aromatic N) is 1. The Bertz CT molecular complexity index is 1240. The van der Waals surface area contributed by atoms with Crippen molar-refractivity contribution in [2.24, 2.45) is 5.73 Å². The highest BCUT2D eigenvalue weighted by Crippen LogP contribution is 2.31. The molecule has 1 aromatic heterocycles. The van der Waals surface area contributed by atoms with E-state index in [1.165, 1.54) is 0 Å². The highest BCUT2D eigenvalue weighted by Gasteiger charge is 2.45.